The van der Waals surface area contributed by atoms with Gasteiger partial charge in [-0.2, -0.15) is 13.2 Å². The number of alkyl halides is 3. The van der Waals surface area contributed by atoms with Crippen molar-refractivity contribution in [3.05, 3.63) is 0 Å². The average molecular weight is 482 g/mol. The number of carbonyl (C=O) groups excluding carboxylic acids is 1. The summed E-state index contributed by atoms with van der Waals surface area (Å²) < 4.78 is 31.7. The monoisotopic (exact) mass is 481 g/mol. The Hall–Kier alpha value is -1.80. The minimum absolute atomic E-state index is 0.198. The lowest BCUT2D eigenvalue weighted by Gasteiger charge is -2.06. The van der Waals surface area contributed by atoms with Crippen LogP contribution in [0.5, 0.6) is 0 Å². The summed E-state index contributed by atoms with van der Waals surface area (Å²) in [4.78, 5) is 20.6. The second-order valence-electron chi connectivity index (χ2n) is 8.40. The summed E-state index contributed by atoms with van der Waals surface area (Å²) in [6, 6.07) is 0. The van der Waals surface area contributed by atoms with E-state index in [1.54, 1.807) is 6.92 Å². The molecule has 9 heteroatoms. The van der Waals surface area contributed by atoms with Gasteiger partial charge in [0.25, 0.3) is 0 Å². The number of rotatable bonds is 19. The van der Waals surface area contributed by atoms with Crippen LogP contribution < -0.4 is 10.6 Å². The number of hydrogen-bond acceptors (Lipinski definition) is 3. The Labute approximate surface area is 198 Å². The molecule has 6 nitrogen and oxygen atoms in total. The lowest BCUT2D eigenvalue weighted by atomic mass is 10.0. The second-order valence-corrected chi connectivity index (χ2v) is 8.40. The van der Waals surface area contributed by atoms with E-state index < -0.39 is 12.1 Å². The lowest BCUT2D eigenvalue weighted by Crippen LogP contribution is -2.25. The van der Waals surface area contributed by atoms with Gasteiger partial charge in [0.2, 0.25) is 5.91 Å². The first-order valence-electron chi connectivity index (χ1n) is 12.5. The molecule has 0 unspecified atom stereocenters. The molecule has 1 amide bonds. The van der Waals surface area contributed by atoms with E-state index in [4.69, 9.17) is 15.3 Å². The van der Waals surface area contributed by atoms with Crippen LogP contribution in [-0.2, 0) is 9.59 Å². The van der Waals surface area contributed by atoms with Gasteiger partial charge in [0.1, 0.15) is 0 Å². The molecule has 0 saturated carbocycles. The van der Waals surface area contributed by atoms with Crippen LogP contribution >= 0.6 is 0 Å². The number of halogens is 3. The van der Waals surface area contributed by atoms with Gasteiger partial charge < -0.3 is 15.7 Å². The van der Waals surface area contributed by atoms with Crippen molar-refractivity contribution < 1.29 is 27.9 Å². The maximum absolute atomic E-state index is 11.7. The topological polar surface area (TPSA) is 102 Å². The standard InChI is InChI=1S/C22H45N3O.C2HF3O2/c1-3-4-5-6-7-8-9-10-11-12-13-14-15-18-22(26)25-20-17-16-19-24-21(2)23;3-2(4,5)1(6)7/h3-20H2,1-2H3,(H2,23,24)(H,25,26);(H,6,7). The maximum Gasteiger partial charge on any atom is 0.490 e. The first-order chi connectivity index (χ1) is 15.6. The zero-order valence-corrected chi connectivity index (χ0v) is 20.6. The van der Waals surface area contributed by atoms with Crippen LogP contribution in [0, 0.1) is 5.41 Å². The molecule has 0 spiro atoms. The van der Waals surface area contributed by atoms with Crippen LogP contribution in [0.3, 0.4) is 0 Å². The van der Waals surface area contributed by atoms with E-state index in [0.29, 0.717) is 12.3 Å². The fraction of sp³-hybridized carbons (Fsp3) is 0.875. The fourth-order valence-corrected chi connectivity index (χ4v) is 3.15. The number of amides is 1. The molecule has 0 atom stereocenters. The smallest absolute Gasteiger partial charge is 0.475 e. The number of amidine groups is 1. The summed E-state index contributed by atoms with van der Waals surface area (Å²) in [6.07, 6.45) is 15.0. The third-order valence-corrected chi connectivity index (χ3v) is 5.07. The summed E-state index contributed by atoms with van der Waals surface area (Å²) in [7, 11) is 0. The number of carboxylic acid groups (broad SMARTS) is 1. The number of carboxylic acids is 1. The van der Waals surface area contributed by atoms with Gasteiger partial charge in [0.15, 0.2) is 0 Å². The van der Waals surface area contributed by atoms with Gasteiger partial charge in [-0.15, -0.1) is 0 Å². The van der Waals surface area contributed by atoms with Crippen molar-refractivity contribution in [3.63, 3.8) is 0 Å². The molecule has 0 aromatic heterocycles. The molecule has 0 bridgehead atoms. The van der Waals surface area contributed by atoms with Crippen molar-refractivity contribution >= 4 is 17.7 Å². The molecule has 0 saturated heterocycles. The van der Waals surface area contributed by atoms with E-state index in [9.17, 15) is 18.0 Å². The quantitative estimate of drug-likeness (QED) is 0.0950. The van der Waals surface area contributed by atoms with Gasteiger partial charge in [0, 0.05) is 19.5 Å². The number of hydrogen-bond donors (Lipinski definition) is 4. The van der Waals surface area contributed by atoms with E-state index in [1.165, 1.54) is 77.0 Å². The molecule has 0 heterocycles. The number of aliphatic carboxylic acids is 1. The van der Waals surface area contributed by atoms with Crippen molar-refractivity contribution in [2.45, 2.75) is 123 Å². The zero-order valence-electron chi connectivity index (χ0n) is 20.6. The van der Waals surface area contributed by atoms with Crippen LogP contribution in [0.25, 0.3) is 0 Å². The van der Waals surface area contributed by atoms with Crippen molar-refractivity contribution in [2.75, 3.05) is 13.1 Å². The Balaban J connectivity index is 0. The highest BCUT2D eigenvalue weighted by Crippen LogP contribution is 2.13. The minimum atomic E-state index is -5.08. The molecule has 0 aliphatic heterocycles. The molecule has 0 aliphatic rings. The Bertz CT molecular complexity index is 501. The van der Waals surface area contributed by atoms with Gasteiger partial charge in [-0.3, -0.25) is 10.2 Å². The normalized spacial score (nSPS) is 10.8. The van der Waals surface area contributed by atoms with Gasteiger partial charge in [-0.1, -0.05) is 84.0 Å². The SMILES string of the molecule is CCCCCCCCCCCCCCCC(=O)NCCCCNC(C)=N.O=C(O)C(F)(F)F. The molecule has 0 aromatic rings. The number of nitrogens with one attached hydrogen (secondary N) is 3. The van der Waals surface area contributed by atoms with Crippen LogP contribution in [0.1, 0.15) is 117 Å². The van der Waals surface area contributed by atoms with Crippen LogP contribution in [0.15, 0.2) is 0 Å². The van der Waals surface area contributed by atoms with Crippen LogP contribution in [0.2, 0.25) is 0 Å². The Morgan fingerprint density at radius 1 is 0.727 bits per heavy atom. The van der Waals surface area contributed by atoms with E-state index >= 15 is 0 Å². The molecule has 196 valence electrons. The van der Waals surface area contributed by atoms with Gasteiger partial charge in [-0.05, 0) is 26.2 Å². The van der Waals surface area contributed by atoms with E-state index in [2.05, 4.69) is 17.6 Å². The third kappa shape index (κ3) is 30.2. The Morgan fingerprint density at radius 2 is 1.09 bits per heavy atom. The summed E-state index contributed by atoms with van der Waals surface area (Å²) >= 11 is 0. The van der Waals surface area contributed by atoms with Crippen molar-refractivity contribution in [3.8, 4) is 0 Å². The molecule has 4 N–H and O–H groups in total. The highest BCUT2D eigenvalue weighted by atomic mass is 19.4. The molecule has 0 radical (unpaired) electrons. The third-order valence-electron chi connectivity index (χ3n) is 5.07. The van der Waals surface area contributed by atoms with E-state index in [0.717, 1.165) is 32.4 Å². The van der Waals surface area contributed by atoms with Gasteiger partial charge in [-0.25, -0.2) is 4.79 Å². The predicted molar refractivity (Wildman–Crippen MR) is 128 cm³/mol. The van der Waals surface area contributed by atoms with Crippen molar-refractivity contribution in [1.82, 2.24) is 10.6 Å². The molecular formula is C24H46F3N3O3. The van der Waals surface area contributed by atoms with Crippen molar-refractivity contribution in [1.29, 1.82) is 5.41 Å². The highest BCUT2D eigenvalue weighted by molar-refractivity contribution is 5.76. The highest BCUT2D eigenvalue weighted by Gasteiger charge is 2.38. The largest absolute Gasteiger partial charge is 0.490 e. The van der Waals surface area contributed by atoms with E-state index in [-0.39, 0.29) is 5.91 Å². The molecule has 0 aliphatic carbocycles. The zero-order chi connectivity index (χ0) is 25.4. The summed E-state index contributed by atoms with van der Waals surface area (Å²) in [5, 5.41) is 20.4. The van der Waals surface area contributed by atoms with Crippen molar-refractivity contribution in [2.24, 2.45) is 0 Å². The molecular weight excluding hydrogens is 435 g/mol. The number of carbonyl (C=O) groups is 2. The van der Waals surface area contributed by atoms with E-state index in [1.807, 2.05) is 0 Å². The molecule has 0 fully saturated rings. The summed E-state index contributed by atoms with van der Waals surface area (Å²) in [5.74, 6) is -2.05. The van der Waals surface area contributed by atoms with Gasteiger partial charge >= 0.3 is 12.1 Å². The minimum Gasteiger partial charge on any atom is -0.475 e. The Kier molecular flexibility index (Phi) is 23.6. The summed E-state index contributed by atoms with van der Waals surface area (Å²) in [5.41, 5.74) is 0. The average Bonchev–Trinajstić information content (AvgIpc) is 2.73. The Morgan fingerprint density at radius 3 is 1.45 bits per heavy atom. The maximum atomic E-state index is 11.7. The predicted octanol–water partition coefficient (Wildman–Crippen LogP) is 6.58. The van der Waals surface area contributed by atoms with Gasteiger partial charge in [0.05, 0.1) is 5.84 Å². The lowest BCUT2D eigenvalue weighted by molar-refractivity contribution is -0.192. The first kappa shape index (κ1) is 33.4. The molecule has 33 heavy (non-hydrogen) atoms. The fourth-order valence-electron chi connectivity index (χ4n) is 3.15. The molecule has 0 aromatic carbocycles. The second kappa shape index (κ2) is 23.4. The van der Waals surface area contributed by atoms with Crippen LogP contribution in [0.4, 0.5) is 13.2 Å². The molecule has 0 rings (SSSR count). The van der Waals surface area contributed by atoms with Crippen LogP contribution in [-0.4, -0.2) is 42.1 Å². The summed E-state index contributed by atoms with van der Waals surface area (Å²) in [6.45, 7) is 5.60. The first-order valence-corrected chi connectivity index (χ1v) is 12.5. The number of unbranched alkanes of at least 4 members (excludes halogenated alkanes) is 13.